The number of ketones is 1. The van der Waals surface area contributed by atoms with Gasteiger partial charge in [-0.3, -0.25) is 4.79 Å². The summed E-state index contributed by atoms with van der Waals surface area (Å²) in [6, 6.07) is 3.99. The van der Waals surface area contributed by atoms with Crippen molar-refractivity contribution in [1.29, 1.82) is 0 Å². The minimum Gasteiger partial charge on any atom is -0.508 e. The Morgan fingerprint density at radius 1 is 1.33 bits per heavy atom. The minimum absolute atomic E-state index is 0.0448. The van der Waals surface area contributed by atoms with E-state index in [0.717, 1.165) is 0 Å². The van der Waals surface area contributed by atoms with Crippen LogP contribution >= 0.6 is 0 Å². The van der Waals surface area contributed by atoms with E-state index < -0.39 is 0 Å². The summed E-state index contributed by atoms with van der Waals surface area (Å²) >= 11 is 0. The number of carbonyl (C=O) groups excluding carboxylic acids is 1. The highest BCUT2D eigenvalue weighted by molar-refractivity contribution is 5.98. The molecule has 0 bridgehead atoms. The van der Waals surface area contributed by atoms with Crippen molar-refractivity contribution in [2.24, 2.45) is 0 Å². The van der Waals surface area contributed by atoms with Crippen molar-refractivity contribution >= 4 is 5.78 Å². The highest BCUT2D eigenvalue weighted by Crippen LogP contribution is 2.23. The number of Topliss-reactive ketones (excluding diaryl/α,β-unsaturated/α-hetero) is 1. The number of carbonyl (C=O) groups is 1. The van der Waals surface area contributed by atoms with Gasteiger partial charge in [0, 0.05) is 19.0 Å². The molecule has 0 aliphatic rings. The maximum atomic E-state index is 11.6. The molecule has 0 aromatic heterocycles. The van der Waals surface area contributed by atoms with Gasteiger partial charge in [0.05, 0.1) is 5.56 Å². The van der Waals surface area contributed by atoms with Crippen LogP contribution in [0.4, 0.5) is 0 Å². The van der Waals surface area contributed by atoms with E-state index in [-0.39, 0.29) is 22.8 Å². The molecular formula is C11H15NO3. The Kier molecular flexibility index (Phi) is 3.68. The summed E-state index contributed by atoms with van der Waals surface area (Å²) in [5.41, 5.74) is 0.259. The van der Waals surface area contributed by atoms with Crippen molar-refractivity contribution in [2.45, 2.75) is 6.42 Å². The molecule has 1 rings (SSSR count). The largest absolute Gasteiger partial charge is 0.508 e. The van der Waals surface area contributed by atoms with Crippen molar-refractivity contribution in [1.82, 2.24) is 4.90 Å². The first-order valence-corrected chi connectivity index (χ1v) is 4.70. The van der Waals surface area contributed by atoms with Crippen LogP contribution in [0.15, 0.2) is 18.2 Å². The quantitative estimate of drug-likeness (QED) is 0.732. The molecule has 0 aliphatic heterocycles. The summed E-state index contributed by atoms with van der Waals surface area (Å²) in [7, 11) is 3.76. The lowest BCUT2D eigenvalue weighted by Gasteiger charge is -2.09. The zero-order chi connectivity index (χ0) is 11.4. The van der Waals surface area contributed by atoms with Crippen molar-refractivity contribution in [2.75, 3.05) is 20.6 Å². The number of phenols is 2. The smallest absolute Gasteiger partial charge is 0.167 e. The molecular weight excluding hydrogens is 194 g/mol. The molecule has 0 saturated heterocycles. The molecule has 0 radical (unpaired) electrons. The third-order valence-electron chi connectivity index (χ3n) is 2.07. The molecule has 0 spiro atoms. The van der Waals surface area contributed by atoms with E-state index in [1.165, 1.54) is 18.2 Å². The van der Waals surface area contributed by atoms with E-state index in [4.69, 9.17) is 5.11 Å². The Bertz CT molecular complexity index is 361. The molecule has 0 saturated carbocycles. The fourth-order valence-corrected chi connectivity index (χ4v) is 1.22. The number of benzene rings is 1. The van der Waals surface area contributed by atoms with Gasteiger partial charge in [-0.1, -0.05) is 0 Å². The summed E-state index contributed by atoms with van der Waals surface area (Å²) < 4.78 is 0. The van der Waals surface area contributed by atoms with Crippen LogP contribution in [0.3, 0.4) is 0 Å². The maximum absolute atomic E-state index is 11.6. The lowest BCUT2D eigenvalue weighted by Crippen LogP contribution is -2.16. The lowest BCUT2D eigenvalue weighted by molar-refractivity contribution is 0.0970. The fraction of sp³-hybridized carbons (Fsp3) is 0.364. The lowest BCUT2D eigenvalue weighted by atomic mass is 10.1. The average molecular weight is 209 g/mol. The van der Waals surface area contributed by atoms with Crippen LogP contribution in [-0.4, -0.2) is 41.5 Å². The van der Waals surface area contributed by atoms with Crippen LogP contribution in [0.25, 0.3) is 0 Å². The number of nitrogens with zero attached hydrogens (tertiary/aromatic N) is 1. The van der Waals surface area contributed by atoms with Gasteiger partial charge in [0.15, 0.2) is 5.78 Å². The molecule has 0 atom stereocenters. The van der Waals surface area contributed by atoms with E-state index in [1.807, 2.05) is 19.0 Å². The molecule has 0 amide bonds. The summed E-state index contributed by atoms with van der Waals surface area (Å²) in [6.07, 6.45) is 0.353. The van der Waals surface area contributed by atoms with Crippen LogP contribution in [0.2, 0.25) is 0 Å². The molecule has 2 N–H and O–H groups in total. The van der Waals surface area contributed by atoms with E-state index in [0.29, 0.717) is 13.0 Å². The van der Waals surface area contributed by atoms with Crippen LogP contribution in [0.5, 0.6) is 11.5 Å². The summed E-state index contributed by atoms with van der Waals surface area (Å²) in [6.45, 7) is 0.638. The SMILES string of the molecule is CN(C)CCC(=O)c1ccc(O)cc1O. The highest BCUT2D eigenvalue weighted by atomic mass is 16.3. The van der Waals surface area contributed by atoms with E-state index in [1.54, 1.807) is 0 Å². The molecule has 0 unspecified atom stereocenters. The molecule has 1 aromatic carbocycles. The maximum Gasteiger partial charge on any atom is 0.167 e. The average Bonchev–Trinajstić information content (AvgIpc) is 2.14. The van der Waals surface area contributed by atoms with Crippen LogP contribution < -0.4 is 0 Å². The first-order chi connectivity index (χ1) is 7.00. The number of hydrogen-bond acceptors (Lipinski definition) is 4. The van der Waals surface area contributed by atoms with Gasteiger partial charge in [0.25, 0.3) is 0 Å². The second-order valence-electron chi connectivity index (χ2n) is 3.68. The molecule has 0 fully saturated rings. The number of hydrogen-bond donors (Lipinski definition) is 2. The second-order valence-corrected chi connectivity index (χ2v) is 3.68. The van der Waals surface area contributed by atoms with Crippen molar-refractivity contribution in [3.63, 3.8) is 0 Å². The van der Waals surface area contributed by atoms with Crippen molar-refractivity contribution < 1.29 is 15.0 Å². The Morgan fingerprint density at radius 2 is 2.00 bits per heavy atom. The molecule has 0 aliphatic carbocycles. The van der Waals surface area contributed by atoms with Gasteiger partial charge in [0.1, 0.15) is 11.5 Å². The van der Waals surface area contributed by atoms with Crippen LogP contribution in [0.1, 0.15) is 16.8 Å². The molecule has 4 nitrogen and oxygen atoms in total. The van der Waals surface area contributed by atoms with Crippen LogP contribution in [-0.2, 0) is 0 Å². The normalized spacial score (nSPS) is 10.6. The molecule has 15 heavy (non-hydrogen) atoms. The summed E-state index contributed by atoms with van der Waals surface area (Å²) in [5.74, 6) is -0.336. The Morgan fingerprint density at radius 3 is 2.53 bits per heavy atom. The Balaban J connectivity index is 2.74. The van der Waals surface area contributed by atoms with Crippen LogP contribution in [0, 0.1) is 0 Å². The third-order valence-corrected chi connectivity index (χ3v) is 2.07. The van der Waals surface area contributed by atoms with E-state index >= 15 is 0 Å². The van der Waals surface area contributed by atoms with E-state index in [9.17, 15) is 9.90 Å². The van der Waals surface area contributed by atoms with Gasteiger partial charge in [-0.15, -0.1) is 0 Å². The third kappa shape index (κ3) is 3.25. The molecule has 1 aromatic rings. The number of rotatable bonds is 4. The minimum atomic E-state index is -0.168. The standard InChI is InChI=1S/C11H15NO3/c1-12(2)6-5-10(14)9-4-3-8(13)7-11(9)15/h3-4,7,13,15H,5-6H2,1-2H3. The fourth-order valence-electron chi connectivity index (χ4n) is 1.22. The number of aromatic hydroxyl groups is 2. The topological polar surface area (TPSA) is 60.8 Å². The Labute approximate surface area is 88.8 Å². The molecule has 82 valence electrons. The van der Waals surface area contributed by atoms with Crippen molar-refractivity contribution in [3.05, 3.63) is 23.8 Å². The zero-order valence-corrected chi connectivity index (χ0v) is 8.90. The highest BCUT2D eigenvalue weighted by Gasteiger charge is 2.11. The van der Waals surface area contributed by atoms with E-state index in [2.05, 4.69) is 0 Å². The van der Waals surface area contributed by atoms with Gasteiger partial charge in [-0.25, -0.2) is 0 Å². The molecule has 4 heteroatoms. The second kappa shape index (κ2) is 4.79. The van der Waals surface area contributed by atoms with Gasteiger partial charge in [-0.2, -0.15) is 0 Å². The predicted octanol–water partition coefficient (Wildman–Crippen LogP) is 1.23. The Hall–Kier alpha value is -1.55. The van der Waals surface area contributed by atoms with Gasteiger partial charge in [0.2, 0.25) is 0 Å². The molecule has 0 heterocycles. The summed E-state index contributed by atoms with van der Waals surface area (Å²) in [4.78, 5) is 13.5. The first kappa shape index (κ1) is 11.5. The monoisotopic (exact) mass is 209 g/mol. The predicted molar refractivity (Wildman–Crippen MR) is 57.3 cm³/mol. The number of phenolic OH excluding ortho intramolecular Hbond substituents is 2. The van der Waals surface area contributed by atoms with Gasteiger partial charge >= 0.3 is 0 Å². The van der Waals surface area contributed by atoms with Gasteiger partial charge in [-0.05, 0) is 26.2 Å². The first-order valence-electron chi connectivity index (χ1n) is 4.70. The summed E-state index contributed by atoms with van der Waals surface area (Å²) in [5, 5.41) is 18.5. The van der Waals surface area contributed by atoms with Gasteiger partial charge < -0.3 is 15.1 Å². The zero-order valence-electron chi connectivity index (χ0n) is 8.90. The van der Waals surface area contributed by atoms with Crippen molar-refractivity contribution in [3.8, 4) is 11.5 Å².